The van der Waals surface area contributed by atoms with Crippen molar-refractivity contribution < 1.29 is 9.59 Å². The number of carbonyl (C=O) groups is 2. The van der Waals surface area contributed by atoms with E-state index in [0.29, 0.717) is 11.7 Å². The Morgan fingerprint density at radius 3 is 2.54 bits per heavy atom. The van der Waals surface area contributed by atoms with E-state index in [9.17, 15) is 9.59 Å². The monoisotopic (exact) mass is 477 g/mol. The Bertz CT molecular complexity index is 1070. The summed E-state index contributed by atoms with van der Waals surface area (Å²) in [5, 5.41) is 6.69. The maximum absolute atomic E-state index is 12.5. The van der Waals surface area contributed by atoms with Gasteiger partial charge in [0.15, 0.2) is 11.5 Å². The number of urea groups is 1. The van der Waals surface area contributed by atoms with E-state index in [0.717, 1.165) is 76.1 Å². The highest BCUT2D eigenvalue weighted by atomic mass is 16.2. The van der Waals surface area contributed by atoms with Crippen LogP contribution in [0.2, 0.25) is 0 Å². The molecule has 186 valence electrons. The summed E-state index contributed by atoms with van der Waals surface area (Å²) >= 11 is 0. The number of nitrogens with zero attached hydrogens (tertiary/aromatic N) is 4. The van der Waals surface area contributed by atoms with Crippen molar-refractivity contribution >= 4 is 23.4 Å². The van der Waals surface area contributed by atoms with Crippen LogP contribution in [0.5, 0.6) is 0 Å². The first-order chi connectivity index (χ1) is 17.0. The molecule has 0 bridgehead atoms. The minimum Gasteiger partial charge on any atom is -0.364 e. The molecular weight excluding hydrogens is 442 g/mol. The number of hydrogen-bond acceptors (Lipinski definition) is 6. The van der Waals surface area contributed by atoms with E-state index in [1.807, 2.05) is 24.1 Å². The van der Waals surface area contributed by atoms with Crippen molar-refractivity contribution in [3.05, 3.63) is 47.4 Å². The largest absolute Gasteiger partial charge is 0.364 e. The number of likely N-dealkylation sites (N-methyl/N-ethyl adjacent to an activating group) is 1. The number of piperidine rings is 1. The van der Waals surface area contributed by atoms with Gasteiger partial charge in [-0.1, -0.05) is 18.6 Å². The molecule has 0 spiro atoms. The molecule has 3 amide bonds. The first-order valence-electron chi connectivity index (χ1n) is 12.8. The minimum absolute atomic E-state index is 0.112. The highest BCUT2D eigenvalue weighted by Gasteiger charge is 2.35. The van der Waals surface area contributed by atoms with Crippen LogP contribution in [0.4, 0.5) is 16.3 Å². The summed E-state index contributed by atoms with van der Waals surface area (Å²) in [6, 6.07) is 8.68. The molecule has 3 fully saturated rings. The van der Waals surface area contributed by atoms with E-state index >= 15 is 0 Å². The van der Waals surface area contributed by atoms with Gasteiger partial charge < -0.3 is 26.2 Å². The quantitative estimate of drug-likeness (QED) is 0.588. The van der Waals surface area contributed by atoms with Crippen molar-refractivity contribution in [2.24, 2.45) is 5.73 Å². The molecular formula is C26H35N7O2. The molecule has 1 aromatic carbocycles. The molecule has 1 aliphatic carbocycles. The zero-order valence-corrected chi connectivity index (χ0v) is 20.4. The van der Waals surface area contributed by atoms with Crippen LogP contribution in [0, 0.1) is 0 Å². The van der Waals surface area contributed by atoms with Gasteiger partial charge in [0.25, 0.3) is 5.91 Å². The second kappa shape index (κ2) is 10.2. The predicted molar refractivity (Wildman–Crippen MR) is 135 cm³/mol. The van der Waals surface area contributed by atoms with Gasteiger partial charge in [-0.3, -0.25) is 4.79 Å². The first kappa shape index (κ1) is 23.5. The first-order valence-corrected chi connectivity index (χ1v) is 12.8. The van der Waals surface area contributed by atoms with Crippen molar-refractivity contribution in [3.8, 4) is 0 Å². The van der Waals surface area contributed by atoms with Gasteiger partial charge in [0.1, 0.15) is 0 Å². The summed E-state index contributed by atoms with van der Waals surface area (Å²) in [5.74, 6) is 0.551. The fourth-order valence-electron chi connectivity index (χ4n) is 5.72. The van der Waals surface area contributed by atoms with Gasteiger partial charge >= 0.3 is 6.03 Å². The molecule has 2 aromatic rings. The molecule has 9 heteroatoms. The van der Waals surface area contributed by atoms with Crippen molar-refractivity contribution in [1.82, 2.24) is 25.1 Å². The van der Waals surface area contributed by atoms with Crippen LogP contribution in [0.15, 0.2) is 30.5 Å². The van der Waals surface area contributed by atoms with E-state index in [2.05, 4.69) is 27.8 Å². The van der Waals surface area contributed by atoms with Gasteiger partial charge in [-0.05, 0) is 68.8 Å². The van der Waals surface area contributed by atoms with E-state index in [1.54, 1.807) is 11.1 Å². The number of anilines is 2. The Labute approximate surface area is 206 Å². The van der Waals surface area contributed by atoms with E-state index in [4.69, 9.17) is 10.7 Å². The normalized spacial score (nSPS) is 23.5. The Morgan fingerprint density at radius 1 is 1.09 bits per heavy atom. The van der Waals surface area contributed by atoms with Crippen LogP contribution < -0.4 is 16.4 Å². The third-order valence-corrected chi connectivity index (χ3v) is 7.76. The maximum atomic E-state index is 12.5. The van der Waals surface area contributed by atoms with Crippen LogP contribution in [0.1, 0.15) is 72.1 Å². The van der Waals surface area contributed by atoms with Crippen LogP contribution in [0.25, 0.3) is 0 Å². The van der Waals surface area contributed by atoms with E-state index < -0.39 is 5.91 Å². The number of rotatable bonds is 6. The SMILES string of the molecule is CN1CCN([C@@H]2CCCC(c3cnc(C(N)=O)c(Nc4ccc(C5CCNCC5)cc4)n3)C2)C1=O. The molecule has 2 atom stereocenters. The lowest BCUT2D eigenvalue weighted by molar-refractivity contribution is 0.0996. The summed E-state index contributed by atoms with van der Waals surface area (Å²) in [5.41, 5.74) is 8.78. The van der Waals surface area contributed by atoms with Gasteiger partial charge in [0.05, 0.1) is 5.69 Å². The summed E-state index contributed by atoms with van der Waals surface area (Å²) in [6.07, 6.45) is 7.86. The molecule has 3 aliphatic rings. The van der Waals surface area contributed by atoms with Gasteiger partial charge in [0.2, 0.25) is 0 Å². The fraction of sp³-hybridized carbons (Fsp3) is 0.538. The Hall–Kier alpha value is -3.20. The number of nitrogens with two attached hydrogens (primary N) is 1. The Kier molecular flexibility index (Phi) is 6.86. The maximum Gasteiger partial charge on any atom is 0.320 e. The van der Waals surface area contributed by atoms with E-state index in [-0.39, 0.29) is 23.7 Å². The van der Waals surface area contributed by atoms with Gasteiger partial charge in [0, 0.05) is 44.0 Å². The number of benzene rings is 1. The summed E-state index contributed by atoms with van der Waals surface area (Å²) in [6.45, 7) is 3.66. The van der Waals surface area contributed by atoms with Crippen LogP contribution >= 0.6 is 0 Å². The molecule has 3 heterocycles. The second-order valence-corrected chi connectivity index (χ2v) is 10.0. The van der Waals surface area contributed by atoms with Crippen molar-refractivity contribution in [3.63, 3.8) is 0 Å². The minimum atomic E-state index is -0.606. The zero-order chi connectivity index (χ0) is 24.4. The number of carbonyl (C=O) groups excluding carboxylic acids is 2. The number of aromatic nitrogens is 2. The molecule has 0 radical (unpaired) electrons. The summed E-state index contributed by atoms with van der Waals surface area (Å²) in [4.78, 5) is 37.6. The Morgan fingerprint density at radius 2 is 1.86 bits per heavy atom. The fourth-order valence-corrected chi connectivity index (χ4v) is 5.72. The molecule has 5 rings (SSSR count). The van der Waals surface area contributed by atoms with Crippen LogP contribution in [0.3, 0.4) is 0 Å². The van der Waals surface area contributed by atoms with Crippen LogP contribution in [-0.4, -0.2) is 71.0 Å². The van der Waals surface area contributed by atoms with Crippen molar-refractivity contribution in [2.75, 3.05) is 38.5 Å². The highest BCUT2D eigenvalue weighted by molar-refractivity contribution is 5.96. The third-order valence-electron chi connectivity index (χ3n) is 7.76. The molecule has 9 nitrogen and oxygen atoms in total. The lowest BCUT2D eigenvalue weighted by Gasteiger charge is -2.34. The summed E-state index contributed by atoms with van der Waals surface area (Å²) in [7, 11) is 1.85. The lowest BCUT2D eigenvalue weighted by Crippen LogP contribution is -2.41. The second-order valence-electron chi connectivity index (χ2n) is 10.0. The molecule has 2 saturated heterocycles. The topological polar surface area (TPSA) is 116 Å². The van der Waals surface area contributed by atoms with Crippen molar-refractivity contribution in [1.29, 1.82) is 0 Å². The Balaban J connectivity index is 1.33. The van der Waals surface area contributed by atoms with E-state index in [1.165, 1.54) is 5.56 Å². The van der Waals surface area contributed by atoms with Crippen molar-refractivity contribution in [2.45, 2.75) is 56.4 Å². The predicted octanol–water partition coefficient (Wildman–Crippen LogP) is 3.18. The number of primary amides is 1. The molecule has 1 saturated carbocycles. The lowest BCUT2D eigenvalue weighted by atomic mass is 9.83. The average Bonchev–Trinajstić information content (AvgIpc) is 3.23. The third kappa shape index (κ3) is 5.10. The standard InChI is InChI=1S/C26H35N7O2/c1-32-13-14-33(26(32)35)21-4-2-3-19(15-21)22-16-29-23(24(27)34)25(31-22)30-20-7-5-17(6-8-20)18-9-11-28-12-10-18/h5-8,16,18-19,21,28H,2-4,9-15H2,1H3,(H2,27,34)(H,30,31)/t19?,21-/m1/s1. The highest BCUT2D eigenvalue weighted by Crippen LogP contribution is 2.36. The smallest absolute Gasteiger partial charge is 0.320 e. The zero-order valence-electron chi connectivity index (χ0n) is 20.4. The van der Waals surface area contributed by atoms with Gasteiger partial charge in [-0.15, -0.1) is 0 Å². The number of nitrogens with one attached hydrogen (secondary N) is 2. The molecule has 1 aromatic heterocycles. The molecule has 2 aliphatic heterocycles. The molecule has 1 unspecified atom stereocenters. The molecule has 35 heavy (non-hydrogen) atoms. The van der Waals surface area contributed by atoms with Crippen LogP contribution in [-0.2, 0) is 0 Å². The van der Waals surface area contributed by atoms with Gasteiger partial charge in [-0.2, -0.15) is 0 Å². The summed E-state index contributed by atoms with van der Waals surface area (Å²) < 4.78 is 0. The number of hydrogen-bond donors (Lipinski definition) is 3. The molecule has 4 N–H and O–H groups in total. The average molecular weight is 478 g/mol. The van der Waals surface area contributed by atoms with Gasteiger partial charge in [-0.25, -0.2) is 14.8 Å². The number of amides is 3.